The quantitative estimate of drug-likeness (QED) is 0.778. The second-order valence-corrected chi connectivity index (χ2v) is 9.87. The van der Waals surface area contributed by atoms with Crippen LogP contribution >= 0.6 is 0 Å². The first-order chi connectivity index (χ1) is 14.6. The van der Waals surface area contributed by atoms with E-state index in [0.717, 1.165) is 31.0 Å². The normalized spacial score (nSPS) is 31.7. The van der Waals surface area contributed by atoms with Gasteiger partial charge in [0.05, 0.1) is 0 Å². The molecule has 5 rings (SSSR count). The van der Waals surface area contributed by atoms with Crippen molar-refractivity contribution in [2.75, 3.05) is 20.1 Å². The van der Waals surface area contributed by atoms with Gasteiger partial charge in [-0.05, 0) is 80.2 Å². The van der Waals surface area contributed by atoms with Gasteiger partial charge >= 0.3 is 0 Å². The van der Waals surface area contributed by atoms with Crippen LogP contribution in [0, 0.1) is 11.3 Å². The van der Waals surface area contributed by atoms with Crippen LogP contribution in [0.25, 0.3) is 0 Å². The molecule has 3 heteroatoms. The molecular formula is C27H34N2O. The summed E-state index contributed by atoms with van der Waals surface area (Å²) in [5.74, 6) is 0.852. The van der Waals surface area contributed by atoms with Crippen molar-refractivity contribution in [1.82, 2.24) is 10.2 Å². The third-order valence-corrected chi connectivity index (χ3v) is 8.73. The monoisotopic (exact) mass is 402 g/mol. The van der Waals surface area contributed by atoms with Gasteiger partial charge in [-0.25, -0.2) is 0 Å². The maximum atomic E-state index is 12.8. The zero-order valence-corrected chi connectivity index (χ0v) is 18.4. The topological polar surface area (TPSA) is 32.3 Å². The number of hydrogen-bond acceptors (Lipinski definition) is 2. The minimum absolute atomic E-state index is 0.133. The van der Waals surface area contributed by atoms with Crippen LogP contribution in [-0.4, -0.2) is 37.0 Å². The van der Waals surface area contributed by atoms with Crippen molar-refractivity contribution in [2.24, 2.45) is 11.3 Å². The van der Waals surface area contributed by atoms with Crippen molar-refractivity contribution < 1.29 is 4.79 Å². The van der Waals surface area contributed by atoms with E-state index in [2.05, 4.69) is 36.5 Å². The average Bonchev–Trinajstić information content (AvgIpc) is 3.33. The van der Waals surface area contributed by atoms with Crippen LogP contribution in [0.1, 0.15) is 60.5 Å². The molecule has 0 bridgehead atoms. The van der Waals surface area contributed by atoms with Crippen molar-refractivity contribution in [3.8, 4) is 0 Å². The maximum absolute atomic E-state index is 12.8. The molecule has 2 aromatic carbocycles. The molecule has 1 amide bonds. The molecule has 158 valence electrons. The number of rotatable bonds is 5. The molecule has 3 nitrogen and oxygen atoms in total. The fourth-order valence-corrected chi connectivity index (χ4v) is 7.42. The zero-order chi connectivity index (χ0) is 20.8. The number of carbonyl (C=O) groups is 1. The second kappa shape index (κ2) is 7.53. The predicted molar refractivity (Wildman–Crippen MR) is 122 cm³/mol. The lowest BCUT2D eigenvalue weighted by Crippen LogP contribution is -2.62. The molecule has 1 heterocycles. The van der Waals surface area contributed by atoms with E-state index < -0.39 is 0 Å². The van der Waals surface area contributed by atoms with Gasteiger partial charge in [0.25, 0.3) is 5.91 Å². The number of piperidine rings is 1. The lowest BCUT2D eigenvalue weighted by Gasteiger charge is -2.56. The molecule has 1 N–H and O–H groups in total. The van der Waals surface area contributed by atoms with Gasteiger partial charge in [-0.2, -0.15) is 0 Å². The molecule has 4 atom stereocenters. The van der Waals surface area contributed by atoms with E-state index in [1.807, 2.05) is 42.3 Å². The summed E-state index contributed by atoms with van der Waals surface area (Å²) in [5.41, 5.74) is 4.65. The van der Waals surface area contributed by atoms with E-state index in [4.69, 9.17) is 0 Å². The lowest BCUT2D eigenvalue weighted by molar-refractivity contribution is 0.00939. The number of amides is 1. The summed E-state index contributed by atoms with van der Waals surface area (Å²) >= 11 is 0. The van der Waals surface area contributed by atoms with Gasteiger partial charge in [0.1, 0.15) is 0 Å². The van der Waals surface area contributed by atoms with Crippen LogP contribution in [-0.2, 0) is 11.8 Å². The van der Waals surface area contributed by atoms with Gasteiger partial charge < -0.3 is 10.2 Å². The highest BCUT2D eigenvalue weighted by Crippen LogP contribution is 2.67. The molecule has 1 aliphatic heterocycles. The fourth-order valence-electron chi connectivity index (χ4n) is 7.42. The first-order valence-corrected chi connectivity index (χ1v) is 11.7. The Bertz CT molecular complexity index is 925. The Labute approximate surface area is 180 Å². The lowest BCUT2D eigenvalue weighted by atomic mass is 9.52. The van der Waals surface area contributed by atoms with Crippen molar-refractivity contribution in [1.29, 1.82) is 0 Å². The Kier molecular flexibility index (Phi) is 4.97. The zero-order valence-electron chi connectivity index (χ0n) is 18.4. The first kappa shape index (κ1) is 19.8. The summed E-state index contributed by atoms with van der Waals surface area (Å²) in [6.45, 7) is 4.39. The molecule has 1 spiro atoms. The minimum atomic E-state index is 0.133. The fraction of sp³-hybridized carbons (Fsp3) is 0.519. The molecule has 3 aliphatic rings. The third-order valence-electron chi connectivity index (χ3n) is 8.73. The van der Waals surface area contributed by atoms with Crippen LogP contribution in [0.15, 0.2) is 54.6 Å². The average molecular weight is 403 g/mol. The van der Waals surface area contributed by atoms with Crippen LogP contribution in [0.2, 0.25) is 0 Å². The second-order valence-electron chi connectivity index (χ2n) is 9.87. The Morgan fingerprint density at radius 2 is 1.87 bits per heavy atom. The highest BCUT2D eigenvalue weighted by atomic mass is 16.2. The molecule has 2 fully saturated rings. The summed E-state index contributed by atoms with van der Waals surface area (Å²) in [6, 6.07) is 19.4. The number of benzene rings is 2. The number of hydrogen-bond donors (Lipinski definition) is 1. The molecule has 4 unspecified atom stereocenters. The predicted octanol–water partition coefficient (Wildman–Crippen LogP) is 4.81. The van der Waals surface area contributed by atoms with Crippen LogP contribution in [0.5, 0.6) is 0 Å². The largest absolute Gasteiger partial charge is 0.342 e. The molecule has 0 radical (unpaired) electrons. The Morgan fingerprint density at radius 1 is 1.10 bits per heavy atom. The van der Waals surface area contributed by atoms with E-state index in [1.165, 1.54) is 32.1 Å². The van der Waals surface area contributed by atoms with E-state index in [1.54, 1.807) is 11.1 Å². The molecule has 1 saturated heterocycles. The van der Waals surface area contributed by atoms with Crippen molar-refractivity contribution in [2.45, 2.75) is 56.9 Å². The smallest absolute Gasteiger partial charge is 0.253 e. The highest BCUT2D eigenvalue weighted by Gasteiger charge is 2.65. The van der Waals surface area contributed by atoms with Gasteiger partial charge in [-0.15, -0.1) is 0 Å². The summed E-state index contributed by atoms with van der Waals surface area (Å²) in [5, 5.41) is 3.90. The van der Waals surface area contributed by atoms with E-state index in [9.17, 15) is 4.79 Å². The number of nitrogens with zero attached hydrogens (tertiary/aromatic N) is 1. The van der Waals surface area contributed by atoms with Gasteiger partial charge in [0, 0.05) is 30.6 Å². The van der Waals surface area contributed by atoms with Gasteiger partial charge in [-0.3, -0.25) is 4.79 Å². The molecule has 2 aliphatic carbocycles. The maximum Gasteiger partial charge on any atom is 0.253 e. The highest BCUT2D eigenvalue weighted by molar-refractivity contribution is 5.93. The standard InChI is InChI=1S/C27H34N2O/c1-20-26(15-9-17-29(2)25(30)21-10-4-3-5-11-21)14-8-16-27(26)23(19-28-20)18-22-12-6-7-13-24(22)27/h3-7,10-13,20,23,28H,8-9,14-19H2,1-2H3. The minimum Gasteiger partial charge on any atom is -0.342 e. The molecular weight excluding hydrogens is 368 g/mol. The first-order valence-electron chi connectivity index (χ1n) is 11.7. The molecule has 1 saturated carbocycles. The van der Waals surface area contributed by atoms with Crippen LogP contribution in [0.4, 0.5) is 0 Å². The van der Waals surface area contributed by atoms with Gasteiger partial charge in [0.2, 0.25) is 0 Å². The Morgan fingerprint density at radius 3 is 2.70 bits per heavy atom. The Balaban J connectivity index is 1.37. The van der Waals surface area contributed by atoms with Crippen molar-refractivity contribution in [3.05, 3.63) is 71.3 Å². The third kappa shape index (κ3) is 2.78. The molecule has 30 heavy (non-hydrogen) atoms. The number of carbonyl (C=O) groups excluding carboxylic acids is 1. The van der Waals surface area contributed by atoms with E-state index in [-0.39, 0.29) is 5.91 Å². The molecule has 2 aromatic rings. The van der Waals surface area contributed by atoms with E-state index >= 15 is 0 Å². The van der Waals surface area contributed by atoms with Crippen molar-refractivity contribution >= 4 is 5.91 Å². The summed E-state index contributed by atoms with van der Waals surface area (Å²) < 4.78 is 0. The summed E-state index contributed by atoms with van der Waals surface area (Å²) in [4.78, 5) is 14.7. The van der Waals surface area contributed by atoms with Crippen molar-refractivity contribution in [3.63, 3.8) is 0 Å². The SMILES string of the molecule is CC1NCC2Cc3ccccc3C23CCCC13CCCN(C)C(=O)c1ccccc1. The van der Waals surface area contributed by atoms with Gasteiger partial charge in [-0.1, -0.05) is 48.9 Å². The number of fused-ring (bicyclic) bond motifs is 1. The summed E-state index contributed by atoms with van der Waals surface area (Å²) in [7, 11) is 1.95. The van der Waals surface area contributed by atoms with E-state index in [0.29, 0.717) is 16.9 Å². The van der Waals surface area contributed by atoms with Crippen LogP contribution in [0.3, 0.4) is 0 Å². The van der Waals surface area contributed by atoms with Gasteiger partial charge in [0.15, 0.2) is 0 Å². The number of nitrogens with one attached hydrogen (secondary N) is 1. The Hall–Kier alpha value is -2.13. The molecule has 0 aromatic heterocycles. The summed E-state index contributed by atoms with van der Waals surface area (Å²) in [6.07, 6.45) is 7.46. The van der Waals surface area contributed by atoms with Crippen LogP contribution < -0.4 is 5.32 Å².